The predicted molar refractivity (Wildman–Crippen MR) is 106 cm³/mol. The Morgan fingerprint density at radius 2 is 1.89 bits per heavy atom. The average Bonchev–Trinajstić information content (AvgIpc) is 3.09. The van der Waals surface area contributed by atoms with E-state index in [1.807, 2.05) is 37.3 Å². The van der Waals surface area contributed by atoms with Crippen molar-refractivity contribution in [3.63, 3.8) is 0 Å². The van der Waals surface area contributed by atoms with Gasteiger partial charge in [0.2, 0.25) is 0 Å². The van der Waals surface area contributed by atoms with Gasteiger partial charge in [0.1, 0.15) is 17.5 Å². The van der Waals surface area contributed by atoms with Crippen molar-refractivity contribution in [1.82, 2.24) is 14.6 Å². The second-order valence-corrected chi connectivity index (χ2v) is 6.54. The number of carboxylic acids is 1. The number of carboxylic acid groups (broad SMARTS) is 1. The van der Waals surface area contributed by atoms with Crippen LogP contribution in [0.2, 0.25) is 0 Å². The van der Waals surface area contributed by atoms with Gasteiger partial charge in [0.05, 0.1) is 11.1 Å². The molecule has 0 bridgehead atoms. The third-order valence-electron chi connectivity index (χ3n) is 4.57. The van der Waals surface area contributed by atoms with Crippen LogP contribution in [0.15, 0.2) is 55.0 Å². The molecule has 140 valence electrons. The number of aromatic nitrogens is 3. The molecule has 4 aromatic rings. The first-order valence-electron chi connectivity index (χ1n) is 8.96. The maximum absolute atomic E-state index is 12.7. The Morgan fingerprint density at radius 3 is 2.64 bits per heavy atom. The SMILES string of the molecule is CCCc1cc(C(=O)O)c2ncn(NC(=O)c3cc4ccccc4cn3)c2c1. The van der Waals surface area contributed by atoms with Gasteiger partial charge in [0.15, 0.2) is 0 Å². The fourth-order valence-corrected chi connectivity index (χ4v) is 3.23. The van der Waals surface area contributed by atoms with Gasteiger partial charge in [-0.15, -0.1) is 0 Å². The number of aromatic carboxylic acids is 1. The highest BCUT2D eigenvalue weighted by atomic mass is 16.4. The number of fused-ring (bicyclic) bond motifs is 2. The summed E-state index contributed by atoms with van der Waals surface area (Å²) in [7, 11) is 0. The molecular formula is C21H18N4O3. The molecule has 0 aliphatic rings. The molecule has 2 aromatic heterocycles. The Labute approximate surface area is 160 Å². The number of carbonyl (C=O) groups excluding carboxylic acids is 1. The van der Waals surface area contributed by atoms with Crippen LogP contribution in [-0.2, 0) is 6.42 Å². The van der Waals surface area contributed by atoms with Gasteiger partial charge in [0, 0.05) is 11.6 Å². The molecule has 2 N–H and O–H groups in total. The normalized spacial score (nSPS) is 11.0. The van der Waals surface area contributed by atoms with Crippen molar-refractivity contribution in [3.05, 3.63) is 71.8 Å². The standard InChI is InChI=1S/C21H18N4O3/c1-2-5-13-8-16(21(27)28)19-18(9-13)25(12-23-19)24-20(26)17-10-14-6-3-4-7-15(14)11-22-17/h3-4,6-12H,2,5H2,1H3,(H,24,26)(H,27,28). The summed E-state index contributed by atoms with van der Waals surface area (Å²) < 4.78 is 1.44. The quantitative estimate of drug-likeness (QED) is 0.556. The molecule has 4 rings (SSSR count). The van der Waals surface area contributed by atoms with E-state index in [4.69, 9.17) is 0 Å². The van der Waals surface area contributed by atoms with Crippen LogP contribution in [0.25, 0.3) is 21.8 Å². The lowest BCUT2D eigenvalue weighted by Crippen LogP contribution is -2.23. The van der Waals surface area contributed by atoms with Gasteiger partial charge in [-0.3, -0.25) is 15.2 Å². The van der Waals surface area contributed by atoms with Crippen molar-refractivity contribution in [1.29, 1.82) is 0 Å². The van der Waals surface area contributed by atoms with Gasteiger partial charge >= 0.3 is 5.97 Å². The lowest BCUT2D eigenvalue weighted by atomic mass is 10.0. The lowest BCUT2D eigenvalue weighted by Gasteiger charge is -2.09. The molecule has 0 spiro atoms. The number of hydrogen-bond acceptors (Lipinski definition) is 4. The van der Waals surface area contributed by atoms with Crippen LogP contribution in [0.3, 0.4) is 0 Å². The van der Waals surface area contributed by atoms with E-state index in [2.05, 4.69) is 15.4 Å². The second kappa shape index (κ2) is 7.11. The zero-order valence-corrected chi connectivity index (χ0v) is 15.2. The number of nitrogens with zero attached hydrogens (tertiary/aromatic N) is 3. The molecule has 1 amide bonds. The Hall–Kier alpha value is -3.74. The molecular weight excluding hydrogens is 356 g/mol. The number of aryl methyl sites for hydroxylation is 1. The highest BCUT2D eigenvalue weighted by molar-refractivity contribution is 6.04. The first-order valence-corrected chi connectivity index (χ1v) is 8.96. The van der Waals surface area contributed by atoms with Crippen LogP contribution in [0.5, 0.6) is 0 Å². The highest BCUT2D eigenvalue weighted by Gasteiger charge is 2.17. The van der Waals surface area contributed by atoms with E-state index in [1.54, 1.807) is 18.3 Å². The number of rotatable bonds is 5. The van der Waals surface area contributed by atoms with E-state index in [1.165, 1.54) is 11.0 Å². The third-order valence-corrected chi connectivity index (χ3v) is 4.57. The smallest absolute Gasteiger partial charge is 0.337 e. The summed E-state index contributed by atoms with van der Waals surface area (Å²) in [6.07, 6.45) is 4.68. The molecule has 7 heteroatoms. The van der Waals surface area contributed by atoms with E-state index in [0.29, 0.717) is 11.0 Å². The molecule has 0 fully saturated rings. The van der Waals surface area contributed by atoms with E-state index in [9.17, 15) is 14.7 Å². The van der Waals surface area contributed by atoms with Gasteiger partial charge in [-0.25, -0.2) is 14.5 Å². The lowest BCUT2D eigenvalue weighted by molar-refractivity contribution is 0.0698. The van der Waals surface area contributed by atoms with E-state index in [-0.39, 0.29) is 11.3 Å². The van der Waals surface area contributed by atoms with E-state index >= 15 is 0 Å². The van der Waals surface area contributed by atoms with Crippen molar-refractivity contribution in [2.24, 2.45) is 0 Å². The fraction of sp³-hybridized carbons (Fsp3) is 0.143. The molecule has 0 saturated carbocycles. The van der Waals surface area contributed by atoms with Crippen LogP contribution in [0.4, 0.5) is 0 Å². The number of hydrogen-bond donors (Lipinski definition) is 2. The van der Waals surface area contributed by atoms with Gasteiger partial charge in [-0.2, -0.15) is 0 Å². The van der Waals surface area contributed by atoms with Gasteiger partial charge in [-0.1, -0.05) is 37.6 Å². The Kier molecular flexibility index (Phi) is 4.49. The van der Waals surface area contributed by atoms with Crippen LogP contribution < -0.4 is 5.43 Å². The summed E-state index contributed by atoms with van der Waals surface area (Å²) in [4.78, 5) is 32.7. The summed E-state index contributed by atoms with van der Waals surface area (Å²) in [5, 5.41) is 11.4. The molecule has 0 saturated heterocycles. The minimum Gasteiger partial charge on any atom is -0.478 e. The number of carbonyl (C=O) groups is 2. The number of benzene rings is 2. The zero-order chi connectivity index (χ0) is 19.7. The van der Waals surface area contributed by atoms with Crippen LogP contribution in [0.1, 0.15) is 39.8 Å². The minimum absolute atomic E-state index is 0.123. The van der Waals surface area contributed by atoms with Gasteiger partial charge < -0.3 is 5.11 Å². The molecule has 7 nitrogen and oxygen atoms in total. The molecule has 0 aliphatic heterocycles. The zero-order valence-electron chi connectivity index (χ0n) is 15.2. The predicted octanol–water partition coefficient (Wildman–Crippen LogP) is 3.62. The number of nitrogens with one attached hydrogen (secondary N) is 1. The van der Waals surface area contributed by atoms with E-state index < -0.39 is 11.9 Å². The van der Waals surface area contributed by atoms with Crippen LogP contribution >= 0.6 is 0 Å². The molecule has 0 unspecified atom stereocenters. The average molecular weight is 374 g/mol. The first-order chi connectivity index (χ1) is 13.6. The maximum atomic E-state index is 12.7. The fourth-order valence-electron chi connectivity index (χ4n) is 3.23. The summed E-state index contributed by atoms with van der Waals surface area (Å²) in [6, 6.07) is 12.9. The van der Waals surface area contributed by atoms with Crippen LogP contribution in [-0.4, -0.2) is 31.6 Å². The van der Waals surface area contributed by atoms with Crippen molar-refractivity contribution in [2.45, 2.75) is 19.8 Å². The second-order valence-electron chi connectivity index (χ2n) is 6.54. The molecule has 0 atom stereocenters. The van der Waals surface area contributed by atoms with E-state index in [0.717, 1.165) is 29.2 Å². The van der Waals surface area contributed by atoms with Crippen molar-refractivity contribution >= 4 is 33.7 Å². The van der Waals surface area contributed by atoms with Crippen molar-refractivity contribution in [3.8, 4) is 0 Å². The Morgan fingerprint density at radius 1 is 1.11 bits per heavy atom. The number of amides is 1. The van der Waals surface area contributed by atoms with Gasteiger partial charge in [0.25, 0.3) is 5.91 Å². The monoisotopic (exact) mass is 374 g/mol. The Bertz CT molecular complexity index is 1210. The molecule has 28 heavy (non-hydrogen) atoms. The Balaban J connectivity index is 1.72. The van der Waals surface area contributed by atoms with Crippen molar-refractivity contribution in [2.75, 3.05) is 5.43 Å². The van der Waals surface area contributed by atoms with Gasteiger partial charge in [-0.05, 0) is 35.6 Å². The van der Waals surface area contributed by atoms with Crippen LogP contribution in [0, 0.1) is 0 Å². The minimum atomic E-state index is -1.05. The molecule has 0 aliphatic carbocycles. The summed E-state index contributed by atoms with van der Waals surface area (Å²) >= 11 is 0. The molecule has 0 radical (unpaired) electrons. The number of imidazole rings is 1. The third kappa shape index (κ3) is 3.18. The van der Waals surface area contributed by atoms with Crippen molar-refractivity contribution < 1.29 is 14.7 Å². The number of pyridine rings is 1. The molecule has 2 aromatic carbocycles. The summed E-state index contributed by atoms with van der Waals surface area (Å²) in [5.41, 5.74) is 4.89. The largest absolute Gasteiger partial charge is 0.478 e. The molecule has 2 heterocycles. The topological polar surface area (TPSA) is 97.1 Å². The first kappa shape index (κ1) is 17.7. The summed E-state index contributed by atoms with van der Waals surface area (Å²) in [6.45, 7) is 2.02. The maximum Gasteiger partial charge on any atom is 0.337 e. The summed E-state index contributed by atoms with van der Waals surface area (Å²) in [5.74, 6) is -1.45. The highest BCUT2D eigenvalue weighted by Crippen LogP contribution is 2.21.